The van der Waals surface area contributed by atoms with E-state index < -0.39 is 27.4 Å². The van der Waals surface area contributed by atoms with Gasteiger partial charge in [0, 0.05) is 6.04 Å². The lowest BCUT2D eigenvalue weighted by atomic mass is 10.1. The van der Waals surface area contributed by atoms with E-state index in [1.165, 1.54) is 12.1 Å². The van der Waals surface area contributed by atoms with Gasteiger partial charge in [-0.15, -0.1) is 0 Å². The topological polar surface area (TPSA) is 61.7 Å². The van der Waals surface area contributed by atoms with Crippen LogP contribution in [0.25, 0.3) is 0 Å². The fraction of sp³-hybridized carbons (Fsp3) is 0.357. The predicted octanol–water partition coefficient (Wildman–Crippen LogP) is 4.83. The predicted molar refractivity (Wildman–Crippen MR) is 139 cm³/mol. The molecule has 0 spiro atoms. The highest BCUT2D eigenvalue weighted by atomic mass is 28.4. The molecule has 188 valence electrons. The summed E-state index contributed by atoms with van der Waals surface area (Å²) in [5.74, 6) is -3.52. The van der Waals surface area contributed by atoms with Crippen molar-refractivity contribution in [2.24, 2.45) is 0 Å². The van der Waals surface area contributed by atoms with Gasteiger partial charge in [0.05, 0.1) is 13.2 Å². The van der Waals surface area contributed by atoms with Crippen molar-refractivity contribution >= 4 is 18.7 Å². The second-order valence-corrected chi connectivity index (χ2v) is 14.4. The van der Waals surface area contributed by atoms with Crippen LogP contribution >= 0.6 is 0 Å². The van der Waals surface area contributed by atoms with Crippen LogP contribution in [0, 0.1) is 0 Å². The molecular formula is C28H35F2NO3Si. The Hall–Kier alpha value is -2.74. The molecule has 0 saturated carbocycles. The van der Waals surface area contributed by atoms with Gasteiger partial charge < -0.3 is 20.0 Å². The van der Waals surface area contributed by atoms with Crippen LogP contribution in [0.3, 0.4) is 0 Å². The van der Waals surface area contributed by atoms with Gasteiger partial charge in [-0.3, -0.25) is 0 Å². The van der Waals surface area contributed by atoms with Gasteiger partial charge in [-0.1, -0.05) is 87.5 Å². The Morgan fingerprint density at radius 3 is 1.89 bits per heavy atom. The van der Waals surface area contributed by atoms with E-state index in [1.807, 2.05) is 67.6 Å². The molecule has 0 aliphatic rings. The van der Waals surface area contributed by atoms with Crippen LogP contribution in [0.2, 0.25) is 5.04 Å². The Morgan fingerprint density at radius 1 is 0.857 bits per heavy atom. The molecule has 3 aromatic rings. The third-order valence-corrected chi connectivity index (χ3v) is 11.2. The Kier molecular flexibility index (Phi) is 8.36. The first kappa shape index (κ1) is 26.9. The molecule has 3 aromatic carbocycles. The zero-order valence-corrected chi connectivity index (χ0v) is 21.8. The Morgan fingerprint density at radius 2 is 1.40 bits per heavy atom. The van der Waals surface area contributed by atoms with Crippen molar-refractivity contribution in [2.45, 2.75) is 51.1 Å². The molecule has 3 rings (SSSR count). The summed E-state index contributed by atoms with van der Waals surface area (Å²) in [5, 5.41) is 23.6. The highest BCUT2D eigenvalue weighted by molar-refractivity contribution is 6.99. The van der Waals surface area contributed by atoms with Gasteiger partial charge in [-0.25, -0.2) is 8.78 Å². The van der Waals surface area contributed by atoms with E-state index in [1.54, 1.807) is 6.07 Å². The highest BCUT2D eigenvalue weighted by Crippen LogP contribution is 2.37. The van der Waals surface area contributed by atoms with E-state index in [2.05, 4.69) is 26.1 Å². The van der Waals surface area contributed by atoms with Crippen molar-refractivity contribution in [3.63, 3.8) is 0 Å². The van der Waals surface area contributed by atoms with Crippen molar-refractivity contribution in [1.82, 2.24) is 5.32 Å². The maximum absolute atomic E-state index is 15.2. The number of phenolic OH excluding ortho intramolecular Hbond substituents is 2. The van der Waals surface area contributed by atoms with Crippen molar-refractivity contribution in [2.75, 3.05) is 13.2 Å². The van der Waals surface area contributed by atoms with E-state index >= 15 is 8.78 Å². The van der Waals surface area contributed by atoms with Crippen LogP contribution in [0.4, 0.5) is 8.78 Å². The normalized spacial score (nSPS) is 13.5. The molecule has 0 aliphatic heterocycles. The van der Waals surface area contributed by atoms with Gasteiger partial charge >= 0.3 is 0 Å². The number of hydrogen-bond acceptors (Lipinski definition) is 4. The summed E-state index contributed by atoms with van der Waals surface area (Å²) in [6.45, 7) is 6.76. The van der Waals surface area contributed by atoms with Crippen molar-refractivity contribution < 1.29 is 23.4 Å². The molecule has 1 atom stereocenters. The summed E-state index contributed by atoms with van der Waals surface area (Å²) in [6, 6.07) is 23.7. The molecule has 4 nitrogen and oxygen atoms in total. The van der Waals surface area contributed by atoms with Gasteiger partial charge in [0.25, 0.3) is 14.2 Å². The molecule has 3 N–H and O–H groups in total. The van der Waals surface area contributed by atoms with Crippen LogP contribution in [0.15, 0.2) is 78.9 Å². The van der Waals surface area contributed by atoms with Gasteiger partial charge in [-0.05, 0) is 46.5 Å². The molecule has 0 bridgehead atoms. The molecule has 0 aromatic heterocycles. The van der Waals surface area contributed by atoms with Crippen molar-refractivity contribution in [1.29, 1.82) is 0 Å². The summed E-state index contributed by atoms with van der Waals surface area (Å²) >= 11 is 0. The summed E-state index contributed by atoms with van der Waals surface area (Å²) in [7, 11) is -3.05. The van der Waals surface area contributed by atoms with E-state index in [0.717, 1.165) is 15.9 Å². The number of nitrogens with one attached hydrogen (secondary N) is 1. The summed E-state index contributed by atoms with van der Waals surface area (Å²) in [6.07, 6.45) is 0.430. The van der Waals surface area contributed by atoms with E-state index in [9.17, 15) is 10.2 Å². The summed E-state index contributed by atoms with van der Waals surface area (Å²) in [4.78, 5) is 0. The van der Waals surface area contributed by atoms with Crippen molar-refractivity contribution in [3.05, 3.63) is 84.4 Å². The summed E-state index contributed by atoms with van der Waals surface area (Å²) in [5.41, 5.74) is 0.743. The van der Waals surface area contributed by atoms with Crippen LogP contribution in [-0.2, 0) is 10.8 Å². The van der Waals surface area contributed by atoms with Crippen LogP contribution in [0.5, 0.6) is 11.5 Å². The Labute approximate surface area is 207 Å². The average Bonchev–Trinajstić information content (AvgIpc) is 2.81. The molecule has 0 amide bonds. The lowest BCUT2D eigenvalue weighted by molar-refractivity contribution is -0.0433. The lowest BCUT2D eigenvalue weighted by Crippen LogP contribution is -2.67. The molecular weight excluding hydrogens is 464 g/mol. The van der Waals surface area contributed by atoms with Crippen LogP contribution < -0.4 is 15.7 Å². The first-order chi connectivity index (χ1) is 16.4. The first-order valence-electron chi connectivity index (χ1n) is 11.8. The number of halogens is 2. The van der Waals surface area contributed by atoms with Crippen LogP contribution in [0.1, 0.15) is 33.3 Å². The molecule has 0 unspecified atom stereocenters. The minimum atomic E-state index is -3.08. The van der Waals surface area contributed by atoms with Gasteiger partial charge in [0.15, 0.2) is 11.5 Å². The molecule has 0 saturated heterocycles. The second-order valence-electron chi connectivity index (χ2n) is 10.1. The molecule has 0 heterocycles. The largest absolute Gasteiger partial charge is 0.504 e. The van der Waals surface area contributed by atoms with Crippen LogP contribution in [-0.4, -0.2) is 43.6 Å². The summed E-state index contributed by atoms with van der Waals surface area (Å²) < 4.78 is 36.7. The second kappa shape index (κ2) is 10.9. The van der Waals surface area contributed by atoms with E-state index in [4.69, 9.17) is 4.43 Å². The minimum absolute atomic E-state index is 0.207. The standard InChI is InChI=1S/C28H35F2NO3Si/c1-21(17-22-15-16-25(32)26(33)18-22)31-19-28(29,30)20-34-35(27(2,3)4,23-11-7-5-8-12-23)24-13-9-6-10-14-24/h5-16,18,21,31-33H,17,19-20H2,1-4H3/t21-/m1/s1. The quantitative estimate of drug-likeness (QED) is 0.276. The number of phenols is 2. The molecule has 0 radical (unpaired) electrons. The maximum Gasteiger partial charge on any atom is 0.281 e. The Bertz CT molecular complexity index is 1050. The SMILES string of the molecule is C[C@H](Cc1ccc(O)c(O)c1)NCC(F)(F)CO[Si](c1ccccc1)(c1ccccc1)C(C)(C)C. The van der Waals surface area contributed by atoms with E-state index in [-0.39, 0.29) is 22.6 Å². The maximum atomic E-state index is 15.2. The minimum Gasteiger partial charge on any atom is -0.504 e. The molecule has 0 aliphatic carbocycles. The zero-order chi connectivity index (χ0) is 25.7. The van der Waals surface area contributed by atoms with Crippen molar-refractivity contribution in [3.8, 4) is 11.5 Å². The van der Waals surface area contributed by atoms with Gasteiger partial charge in [-0.2, -0.15) is 0 Å². The molecule has 0 fully saturated rings. The number of hydrogen-bond donors (Lipinski definition) is 3. The average molecular weight is 500 g/mol. The lowest BCUT2D eigenvalue weighted by Gasteiger charge is -2.43. The third-order valence-electron chi connectivity index (χ3n) is 6.21. The fourth-order valence-electron chi connectivity index (χ4n) is 4.47. The molecule has 7 heteroatoms. The number of aromatic hydroxyl groups is 2. The Balaban J connectivity index is 1.76. The highest BCUT2D eigenvalue weighted by Gasteiger charge is 2.51. The monoisotopic (exact) mass is 499 g/mol. The number of alkyl halides is 2. The third kappa shape index (κ3) is 6.48. The smallest absolute Gasteiger partial charge is 0.281 e. The first-order valence-corrected chi connectivity index (χ1v) is 13.7. The van der Waals surface area contributed by atoms with Gasteiger partial charge in [0.1, 0.15) is 0 Å². The molecule has 35 heavy (non-hydrogen) atoms. The fourth-order valence-corrected chi connectivity index (χ4v) is 9.05. The zero-order valence-electron chi connectivity index (χ0n) is 20.8. The van der Waals surface area contributed by atoms with E-state index in [0.29, 0.717) is 6.42 Å². The van der Waals surface area contributed by atoms with Gasteiger partial charge in [0.2, 0.25) is 0 Å². The number of rotatable bonds is 10. The number of benzene rings is 3.